The summed E-state index contributed by atoms with van der Waals surface area (Å²) in [6.07, 6.45) is 5.15. The molecule has 5 N–H and O–H groups in total. The summed E-state index contributed by atoms with van der Waals surface area (Å²) >= 11 is 3.74. The highest BCUT2D eigenvalue weighted by Crippen LogP contribution is 2.44. The maximum absolute atomic E-state index is 12.8. The van der Waals surface area contributed by atoms with Crippen LogP contribution >= 0.6 is 34.9 Å². The van der Waals surface area contributed by atoms with Crippen LogP contribution in [0.15, 0.2) is 45.9 Å². The van der Waals surface area contributed by atoms with Crippen molar-refractivity contribution in [3.8, 4) is 0 Å². The minimum atomic E-state index is -1.21. The molecular formula is C20H19N5O5S3. The number of fused-ring (bicyclic) bond motifs is 1. The van der Waals surface area contributed by atoms with Crippen molar-refractivity contribution in [2.24, 2.45) is 0 Å². The summed E-state index contributed by atoms with van der Waals surface area (Å²) in [5.74, 6) is -2.88. The molecule has 0 aliphatic carbocycles. The largest absolute Gasteiger partial charge is 0.477 e. The predicted molar refractivity (Wildman–Crippen MR) is 127 cm³/mol. The Balaban J connectivity index is 1.46. The number of amides is 2. The fraction of sp³-hybridized carbons (Fsp3) is 0.250. The topological polar surface area (TPSA) is 159 Å². The van der Waals surface area contributed by atoms with Crippen molar-refractivity contribution < 1.29 is 24.6 Å². The number of carboxylic acids is 1. The number of nitrogens with two attached hydrogens (primary N) is 1. The highest BCUT2D eigenvalue weighted by Gasteiger charge is 2.54. The van der Waals surface area contributed by atoms with Gasteiger partial charge in [0.05, 0.1) is 12.3 Å². The first-order valence-corrected chi connectivity index (χ1v) is 12.5. The van der Waals surface area contributed by atoms with Crippen LogP contribution in [0.4, 0.5) is 5.13 Å². The smallest absolute Gasteiger partial charge is 0.353 e. The monoisotopic (exact) mass is 505 g/mol. The van der Waals surface area contributed by atoms with Gasteiger partial charge in [0.2, 0.25) is 5.91 Å². The number of β-lactam (4-membered cyclic amide) rings is 1. The Morgan fingerprint density at radius 1 is 1.45 bits per heavy atom. The van der Waals surface area contributed by atoms with Gasteiger partial charge in [0.15, 0.2) is 5.13 Å². The van der Waals surface area contributed by atoms with E-state index < -0.39 is 41.7 Å². The van der Waals surface area contributed by atoms with E-state index in [1.54, 1.807) is 29.2 Å². The number of pyridine rings is 1. The van der Waals surface area contributed by atoms with E-state index in [9.17, 15) is 24.6 Å². The lowest BCUT2D eigenvalue weighted by molar-refractivity contribution is -0.150. The van der Waals surface area contributed by atoms with Gasteiger partial charge in [0.1, 0.15) is 23.0 Å². The van der Waals surface area contributed by atoms with Crippen LogP contribution < -0.4 is 11.1 Å². The minimum absolute atomic E-state index is 0.0823. The van der Waals surface area contributed by atoms with Crippen LogP contribution in [0.2, 0.25) is 0 Å². The van der Waals surface area contributed by atoms with E-state index in [0.29, 0.717) is 16.4 Å². The molecule has 2 aromatic rings. The molecule has 0 spiro atoms. The Kier molecular flexibility index (Phi) is 7.02. The van der Waals surface area contributed by atoms with E-state index >= 15 is 0 Å². The first-order chi connectivity index (χ1) is 15.9. The van der Waals surface area contributed by atoms with E-state index in [0.717, 1.165) is 16.9 Å². The van der Waals surface area contributed by atoms with Gasteiger partial charge in [-0.1, -0.05) is 17.8 Å². The molecule has 2 amide bonds. The number of aliphatic hydroxyl groups is 1. The Bertz CT molecular complexity index is 1140. The highest BCUT2D eigenvalue weighted by atomic mass is 32.2. The van der Waals surface area contributed by atoms with Gasteiger partial charge in [-0.15, -0.1) is 23.1 Å². The number of carbonyl (C=O) groups is 3. The number of aliphatic hydroxyl groups excluding tert-OH is 1. The Hall–Kier alpha value is -2.87. The quantitative estimate of drug-likeness (QED) is 0.385. The summed E-state index contributed by atoms with van der Waals surface area (Å²) in [6.45, 7) is -0.498. The molecule has 0 radical (unpaired) electrons. The van der Waals surface area contributed by atoms with Crippen molar-refractivity contribution in [3.63, 3.8) is 0 Å². The number of nitrogens with one attached hydrogen (secondary N) is 1. The van der Waals surface area contributed by atoms with Crippen molar-refractivity contribution >= 4 is 63.9 Å². The number of carbonyl (C=O) groups excluding carboxylic acids is 2. The number of aromatic nitrogens is 2. The fourth-order valence-electron chi connectivity index (χ4n) is 3.38. The van der Waals surface area contributed by atoms with E-state index in [4.69, 9.17) is 5.73 Å². The normalized spacial score (nSPS) is 21.0. The van der Waals surface area contributed by atoms with Gasteiger partial charge in [-0.3, -0.25) is 19.5 Å². The molecule has 4 heterocycles. The molecule has 0 saturated carbocycles. The Morgan fingerprint density at radius 3 is 2.91 bits per heavy atom. The number of anilines is 1. The zero-order chi connectivity index (χ0) is 23.5. The maximum Gasteiger partial charge on any atom is 0.353 e. The number of carboxylic acid groups (broad SMARTS) is 1. The van der Waals surface area contributed by atoms with Crippen LogP contribution in [-0.4, -0.2) is 66.6 Å². The molecule has 0 bridgehead atoms. The third-order valence-electron chi connectivity index (χ3n) is 4.98. The Labute approximate surface area is 201 Å². The molecule has 172 valence electrons. The molecule has 2 aliphatic heterocycles. The van der Waals surface area contributed by atoms with E-state index in [1.807, 2.05) is 12.1 Å². The summed E-state index contributed by atoms with van der Waals surface area (Å²) < 4.78 is 0. The number of hydrogen-bond acceptors (Lipinski definition) is 10. The Morgan fingerprint density at radius 2 is 2.27 bits per heavy atom. The van der Waals surface area contributed by atoms with Crippen molar-refractivity contribution in [2.45, 2.75) is 17.3 Å². The molecule has 10 nitrogen and oxygen atoms in total. The summed E-state index contributed by atoms with van der Waals surface area (Å²) in [5, 5.41) is 25.1. The van der Waals surface area contributed by atoms with E-state index in [-0.39, 0.29) is 10.8 Å². The molecule has 1 saturated heterocycles. The van der Waals surface area contributed by atoms with Crippen LogP contribution in [0.5, 0.6) is 0 Å². The van der Waals surface area contributed by atoms with Gasteiger partial charge in [-0.25, -0.2) is 9.78 Å². The molecule has 33 heavy (non-hydrogen) atoms. The number of thioether (sulfide) groups is 2. The predicted octanol–water partition coefficient (Wildman–Crippen LogP) is 1.30. The number of hydrogen-bond donors (Lipinski definition) is 4. The fourth-order valence-corrected chi connectivity index (χ4v) is 6.35. The van der Waals surface area contributed by atoms with Crippen LogP contribution in [0.3, 0.4) is 0 Å². The second-order valence-electron chi connectivity index (χ2n) is 7.03. The second kappa shape index (κ2) is 9.95. The van der Waals surface area contributed by atoms with Crippen LogP contribution in [0, 0.1) is 0 Å². The second-order valence-corrected chi connectivity index (χ2v) is 10.0. The third-order valence-corrected chi connectivity index (χ3v) is 8.03. The van der Waals surface area contributed by atoms with Crippen LogP contribution in [0.1, 0.15) is 17.2 Å². The lowest BCUT2D eigenvalue weighted by Crippen LogP contribution is -2.70. The SMILES string of the molecule is Nc1nc(C(CO)C(=O)NC2C(=O)N3C(C(=O)O)=C(S/C=C\c4cccnc4)CS[C@H]23)cs1. The molecule has 3 atom stereocenters. The highest BCUT2D eigenvalue weighted by molar-refractivity contribution is 8.08. The first-order valence-electron chi connectivity index (χ1n) is 9.67. The summed E-state index contributed by atoms with van der Waals surface area (Å²) in [5.41, 5.74) is 6.71. The summed E-state index contributed by atoms with van der Waals surface area (Å²) in [7, 11) is 0. The van der Waals surface area contributed by atoms with Gasteiger partial charge < -0.3 is 21.3 Å². The average Bonchev–Trinajstić information content (AvgIpc) is 3.23. The van der Waals surface area contributed by atoms with Crippen molar-refractivity contribution in [2.75, 3.05) is 18.1 Å². The zero-order valence-corrected chi connectivity index (χ0v) is 19.4. The third kappa shape index (κ3) is 4.76. The van der Waals surface area contributed by atoms with Crippen molar-refractivity contribution in [1.82, 2.24) is 20.2 Å². The first kappa shape index (κ1) is 23.3. The number of thiazole rings is 1. The molecule has 0 aromatic carbocycles. The lowest BCUT2D eigenvalue weighted by Gasteiger charge is -2.49. The van der Waals surface area contributed by atoms with Crippen LogP contribution in [0.25, 0.3) is 6.08 Å². The number of aliphatic carboxylic acids is 1. The van der Waals surface area contributed by atoms with E-state index in [1.165, 1.54) is 28.4 Å². The van der Waals surface area contributed by atoms with Gasteiger partial charge in [0, 0.05) is 28.4 Å². The average molecular weight is 506 g/mol. The lowest BCUT2D eigenvalue weighted by atomic mass is 10.0. The summed E-state index contributed by atoms with van der Waals surface area (Å²) in [4.78, 5) is 47.2. The van der Waals surface area contributed by atoms with Gasteiger partial charge in [-0.05, 0) is 23.1 Å². The minimum Gasteiger partial charge on any atom is -0.477 e. The van der Waals surface area contributed by atoms with Gasteiger partial charge in [-0.2, -0.15) is 0 Å². The molecular weight excluding hydrogens is 486 g/mol. The van der Waals surface area contributed by atoms with E-state index in [2.05, 4.69) is 15.3 Å². The molecule has 13 heteroatoms. The molecule has 4 rings (SSSR count). The molecule has 2 aliphatic rings. The van der Waals surface area contributed by atoms with Crippen LogP contribution in [-0.2, 0) is 14.4 Å². The number of nitrogens with zero attached hydrogens (tertiary/aromatic N) is 3. The van der Waals surface area contributed by atoms with Crippen molar-refractivity contribution in [3.05, 3.63) is 57.2 Å². The van der Waals surface area contributed by atoms with Gasteiger partial charge in [0.25, 0.3) is 5.91 Å². The maximum atomic E-state index is 12.8. The van der Waals surface area contributed by atoms with Crippen molar-refractivity contribution in [1.29, 1.82) is 0 Å². The molecule has 2 aromatic heterocycles. The number of rotatable bonds is 8. The van der Waals surface area contributed by atoms with Gasteiger partial charge >= 0.3 is 5.97 Å². The molecule has 1 fully saturated rings. The standard InChI is InChI=1S/C20H19N5O5S3/c21-20-23-12(8-33-20)11(7-26)16(27)24-14-17(28)25-15(19(29)30)13(9-32-18(14)25)31-5-3-10-2-1-4-22-6-10/h1-6,8,11,14,18,26H,7,9H2,(H2,21,23)(H,24,27)(H,29,30)/b5-3-/t11?,14?,18-/m1/s1. The molecule has 2 unspecified atom stereocenters. The number of nitrogen functional groups attached to an aromatic ring is 1. The zero-order valence-electron chi connectivity index (χ0n) is 17.0. The summed E-state index contributed by atoms with van der Waals surface area (Å²) in [6, 6.07) is 2.78.